The van der Waals surface area contributed by atoms with Crippen LogP contribution in [0.15, 0.2) is 50.8 Å². The summed E-state index contributed by atoms with van der Waals surface area (Å²) in [6.45, 7) is 9.13. The largest absolute Gasteiger partial charge is 0.492 e. The van der Waals surface area contributed by atoms with Gasteiger partial charge in [0.05, 0.1) is 27.3 Å². The topological polar surface area (TPSA) is 56.5 Å². The van der Waals surface area contributed by atoms with Gasteiger partial charge in [0.15, 0.2) is 0 Å². The molecule has 5 nitrogen and oxygen atoms in total. The first-order chi connectivity index (χ1) is 14.2. The zero-order valence-corrected chi connectivity index (χ0v) is 21.3. The molecule has 0 aliphatic heterocycles. The molecule has 0 fully saturated rings. The van der Waals surface area contributed by atoms with E-state index in [-0.39, 0.29) is 11.0 Å². The van der Waals surface area contributed by atoms with E-state index in [1.165, 1.54) is 4.68 Å². The number of hydrogen-bond donors (Lipinski definition) is 0. The summed E-state index contributed by atoms with van der Waals surface area (Å²) in [6.07, 6.45) is 3.25. The molecule has 0 spiro atoms. The van der Waals surface area contributed by atoms with Crippen molar-refractivity contribution in [3.63, 3.8) is 0 Å². The van der Waals surface area contributed by atoms with Crippen LogP contribution in [0.25, 0.3) is 10.9 Å². The van der Waals surface area contributed by atoms with Crippen molar-refractivity contribution in [1.29, 1.82) is 0 Å². The highest BCUT2D eigenvalue weighted by atomic mass is 127. The van der Waals surface area contributed by atoms with E-state index in [4.69, 9.17) is 4.74 Å². The monoisotopic (exact) mass is 581 g/mol. The highest BCUT2D eigenvalue weighted by Crippen LogP contribution is 2.24. The summed E-state index contributed by atoms with van der Waals surface area (Å²) in [5.41, 5.74) is 1.51. The Balaban J connectivity index is 1.95. The molecule has 0 amide bonds. The summed E-state index contributed by atoms with van der Waals surface area (Å²) < 4.78 is 9.18. The second-order valence-corrected chi connectivity index (χ2v) is 10.4. The van der Waals surface area contributed by atoms with E-state index in [9.17, 15) is 4.79 Å². The summed E-state index contributed by atoms with van der Waals surface area (Å²) in [5, 5.41) is 5.03. The van der Waals surface area contributed by atoms with Crippen LogP contribution in [0, 0.1) is 8.99 Å². The third-order valence-corrected chi connectivity index (χ3v) is 5.62. The molecule has 0 unspecified atom stereocenters. The predicted molar refractivity (Wildman–Crippen MR) is 135 cm³/mol. The van der Waals surface area contributed by atoms with Crippen molar-refractivity contribution in [3.05, 3.63) is 66.2 Å². The lowest BCUT2D eigenvalue weighted by Crippen LogP contribution is -2.22. The van der Waals surface area contributed by atoms with Crippen LogP contribution in [-0.4, -0.2) is 22.5 Å². The van der Waals surface area contributed by atoms with E-state index in [0.717, 1.165) is 25.8 Å². The van der Waals surface area contributed by atoms with Crippen LogP contribution < -0.4 is 10.3 Å². The van der Waals surface area contributed by atoms with Crippen LogP contribution in [0.4, 0.5) is 0 Å². The van der Waals surface area contributed by atoms with Crippen LogP contribution in [-0.2, 0) is 6.42 Å². The number of nitrogens with zero attached hydrogens (tertiary/aromatic N) is 3. The minimum absolute atomic E-state index is 0.0954. The molecule has 7 heteroatoms. The molecule has 0 radical (unpaired) electrons. The van der Waals surface area contributed by atoms with Gasteiger partial charge in [0.1, 0.15) is 11.6 Å². The third kappa shape index (κ3) is 5.69. The molecule has 1 heterocycles. The van der Waals surface area contributed by atoms with Crippen molar-refractivity contribution in [2.75, 3.05) is 6.61 Å². The zero-order valence-electron chi connectivity index (χ0n) is 17.6. The lowest BCUT2D eigenvalue weighted by molar-refractivity contribution is 0.196. The summed E-state index contributed by atoms with van der Waals surface area (Å²) in [5.74, 6) is 1.51. The fourth-order valence-electron chi connectivity index (χ4n) is 2.83. The lowest BCUT2D eigenvalue weighted by atomic mass is 9.99. The van der Waals surface area contributed by atoms with Crippen LogP contribution in [0.1, 0.15) is 45.5 Å². The number of hydrogen-bond acceptors (Lipinski definition) is 4. The predicted octanol–water partition coefficient (Wildman–Crippen LogP) is 6.02. The van der Waals surface area contributed by atoms with Gasteiger partial charge in [-0.25, -0.2) is 4.98 Å². The quantitative estimate of drug-likeness (QED) is 0.264. The summed E-state index contributed by atoms with van der Waals surface area (Å²) in [7, 11) is 0. The first-order valence-corrected chi connectivity index (χ1v) is 11.7. The number of halogens is 2. The Kier molecular flexibility index (Phi) is 7.34. The van der Waals surface area contributed by atoms with Crippen molar-refractivity contribution >= 4 is 55.6 Å². The number of fused-ring (bicyclic) bond motifs is 1. The highest BCUT2D eigenvalue weighted by Gasteiger charge is 2.13. The fraction of sp³-hybridized carbons (Fsp3) is 0.348. The molecule has 0 saturated carbocycles. The number of rotatable bonds is 6. The average Bonchev–Trinajstić information content (AvgIpc) is 2.67. The molecule has 158 valence electrons. The van der Waals surface area contributed by atoms with Crippen LogP contribution in [0.3, 0.4) is 0 Å². The van der Waals surface area contributed by atoms with Gasteiger partial charge in [0.25, 0.3) is 5.56 Å². The molecule has 0 N–H and O–H groups in total. The Morgan fingerprint density at radius 1 is 1.23 bits per heavy atom. The molecular weight excluding hydrogens is 557 g/mol. The van der Waals surface area contributed by atoms with Gasteiger partial charge in [-0.15, -0.1) is 0 Å². The molecule has 0 aliphatic carbocycles. The summed E-state index contributed by atoms with van der Waals surface area (Å²) in [6, 6.07) is 11.4. The Morgan fingerprint density at radius 2 is 2.00 bits per heavy atom. The Morgan fingerprint density at radius 3 is 2.67 bits per heavy atom. The Bertz CT molecular complexity index is 1150. The van der Waals surface area contributed by atoms with Crippen molar-refractivity contribution in [2.45, 2.75) is 40.5 Å². The van der Waals surface area contributed by atoms with Crippen molar-refractivity contribution < 1.29 is 4.74 Å². The van der Waals surface area contributed by atoms with Crippen LogP contribution in [0.2, 0.25) is 0 Å². The summed E-state index contributed by atoms with van der Waals surface area (Å²) >= 11 is 5.69. The number of ether oxygens (including phenoxy) is 1. The molecule has 1 aromatic heterocycles. The molecule has 3 aromatic rings. The van der Waals surface area contributed by atoms with E-state index >= 15 is 0 Å². The van der Waals surface area contributed by atoms with Crippen LogP contribution in [0.5, 0.6) is 5.75 Å². The van der Waals surface area contributed by atoms with Gasteiger partial charge < -0.3 is 4.74 Å². The minimum atomic E-state index is -0.166. The first-order valence-electron chi connectivity index (χ1n) is 9.86. The van der Waals surface area contributed by atoms with E-state index in [1.54, 1.807) is 12.3 Å². The Labute approximate surface area is 198 Å². The number of aromatic nitrogens is 2. The average molecular weight is 582 g/mol. The maximum Gasteiger partial charge on any atom is 0.282 e. The van der Waals surface area contributed by atoms with Gasteiger partial charge in [-0.2, -0.15) is 9.78 Å². The second kappa shape index (κ2) is 9.60. The molecule has 3 rings (SSSR count). The maximum absolute atomic E-state index is 13.1. The van der Waals surface area contributed by atoms with E-state index < -0.39 is 0 Å². The summed E-state index contributed by atoms with van der Waals surface area (Å²) in [4.78, 5) is 17.7. The SMILES string of the molecule is CCCc1nc2ccc(Br)cc2c(=O)n1N=Cc1ccc(OCC(C)(C)C)c(I)c1. The molecular formula is C23H25BrIN3O2. The van der Waals surface area contributed by atoms with Gasteiger partial charge >= 0.3 is 0 Å². The smallest absolute Gasteiger partial charge is 0.282 e. The number of aryl methyl sites for hydroxylation is 1. The van der Waals surface area contributed by atoms with Gasteiger partial charge in [-0.1, -0.05) is 43.6 Å². The van der Waals surface area contributed by atoms with E-state index in [0.29, 0.717) is 29.8 Å². The van der Waals surface area contributed by atoms with Crippen molar-refractivity contribution in [1.82, 2.24) is 9.66 Å². The van der Waals surface area contributed by atoms with E-state index in [1.807, 2.05) is 30.3 Å². The molecule has 0 atom stereocenters. The number of benzene rings is 2. The van der Waals surface area contributed by atoms with E-state index in [2.05, 4.69) is 76.3 Å². The molecule has 0 saturated heterocycles. The molecule has 2 aromatic carbocycles. The van der Waals surface area contributed by atoms with Crippen molar-refractivity contribution in [3.8, 4) is 5.75 Å². The maximum atomic E-state index is 13.1. The van der Waals surface area contributed by atoms with Gasteiger partial charge in [-0.3, -0.25) is 4.79 Å². The van der Waals surface area contributed by atoms with Crippen LogP contribution >= 0.6 is 38.5 Å². The minimum Gasteiger partial charge on any atom is -0.492 e. The third-order valence-electron chi connectivity index (χ3n) is 4.29. The van der Waals surface area contributed by atoms with Gasteiger partial charge in [0, 0.05) is 10.9 Å². The zero-order chi connectivity index (χ0) is 21.9. The van der Waals surface area contributed by atoms with Crippen molar-refractivity contribution in [2.24, 2.45) is 10.5 Å². The molecule has 0 aliphatic rings. The molecule has 0 bridgehead atoms. The van der Waals surface area contributed by atoms with Gasteiger partial charge in [-0.05, 0) is 76.4 Å². The normalized spacial score (nSPS) is 12.1. The second-order valence-electron chi connectivity index (χ2n) is 8.34. The van der Waals surface area contributed by atoms with Gasteiger partial charge in [0.2, 0.25) is 0 Å². The standard InChI is InChI=1S/C23H25BrIN3O2/c1-5-6-21-27-19-9-8-16(24)12-17(19)22(29)28(21)26-13-15-7-10-20(18(25)11-15)30-14-23(2,3)4/h7-13H,5-6,14H2,1-4H3. The molecule has 30 heavy (non-hydrogen) atoms. The first kappa shape index (κ1) is 22.9. The highest BCUT2D eigenvalue weighted by molar-refractivity contribution is 14.1. The fourth-order valence-corrected chi connectivity index (χ4v) is 3.89. The lowest BCUT2D eigenvalue weighted by Gasteiger charge is -2.19. The Hall–Kier alpha value is -1.74.